The number of fused-ring (bicyclic) bond motifs is 2. The fourth-order valence-electron chi connectivity index (χ4n) is 9.83. The summed E-state index contributed by atoms with van der Waals surface area (Å²) >= 11 is 0. The molecule has 2 amide bonds. The van der Waals surface area contributed by atoms with Crippen molar-refractivity contribution in [1.29, 1.82) is 5.41 Å². The van der Waals surface area contributed by atoms with Crippen molar-refractivity contribution < 1.29 is 32.2 Å². The molecule has 79 heavy (non-hydrogen) atoms. The third-order valence-electron chi connectivity index (χ3n) is 13.9. The van der Waals surface area contributed by atoms with Crippen LogP contribution < -0.4 is 22.9 Å². The Morgan fingerprint density at radius 2 is 1.38 bits per heavy atom. The van der Waals surface area contributed by atoms with Crippen molar-refractivity contribution in [2.45, 2.75) is 71.6 Å². The van der Waals surface area contributed by atoms with Crippen LogP contribution in [0.2, 0.25) is 0 Å². The summed E-state index contributed by atoms with van der Waals surface area (Å²) in [5, 5.41) is 7.43. The number of pyridine rings is 1. The lowest BCUT2D eigenvalue weighted by molar-refractivity contribution is -0.134. The number of hydrogen-bond donors (Lipinski definition) is 5. The molecule has 13 nitrogen and oxygen atoms in total. The number of aromatic nitrogens is 1. The molecule has 2 saturated carbocycles. The standard InChI is InChI=1S/C23H24FN5O.C19H23FN4O2.C10H11N.C7H8.C2H6.CH3F.FH/c24-18-7-2-1-6-17(18)22(26)21(19-8-3-4-11-28-19)23(30)29-16(12-15-13-20(15)29)14-27-10-5-9-25;1-10-15-14(8-21)24(18(10)15)19(25)16(13-9-26-7-6-23-13)17(22)11-4-2-3-5-12(11)20;1-3-10(11)9-6-4-8(2)5-7-9;1-7-5-3-2-4-6-7;2*1-2;/h1-11,15-16,20H,12-14,25-26H2;2-5,10,14-15,18H,6-9,21-22H2,1H3;3-7,11H,1H2,2H3;2-6H,1H3;1-2H3;1H3;1H/b9-5-,22-21+,27-10?;17-16+;;;;;/t;10?,14-,15?,18?;;;;;/m.1...../s1. The molecule has 4 aromatic carbocycles. The number of rotatable bonds is 12. The summed E-state index contributed by atoms with van der Waals surface area (Å²) in [7, 11) is 0.500. The molecule has 17 heteroatoms. The first-order valence-electron chi connectivity index (χ1n) is 26.2. The first-order valence-corrected chi connectivity index (χ1v) is 26.2. The molecule has 420 valence electrons. The predicted octanol–water partition coefficient (Wildman–Crippen LogP) is 9.66. The van der Waals surface area contributed by atoms with Crippen LogP contribution in [0.15, 0.2) is 168 Å². The second kappa shape index (κ2) is 31.4. The van der Waals surface area contributed by atoms with Crippen LogP contribution in [0.5, 0.6) is 0 Å². The van der Waals surface area contributed by atoms with E-state index in [-0.39, 0.29) is 81.0 Å². The fraction of sp³-hybridized carbons (Fsp3) is 0.323. The second-order valence-corrected chi connectivity index (χ2v) is 18.8. The average Bonchev–Trinajstić information content (AvgIpc) is 4.36. The Bertz CT molecular complexity index is 2950. The number of nitrogens with zero attached hydrogens (tertiary/aromatic N) is 5. The Hall–Kier alpha value is -8.02. The highest BCUT2D eigenvalue weighted by atomic mass is 19.1. The minimum Gasteiger partial charge on any atom is -0.405 e. The van der Waals surface area contributed by atoms with Crippen molar-refractivity contribution in [3.05, 3.63) is 203 Å². The Balaban J connectivity index is 0.000000247. The Kier molecular flexibility index (Phi) is 25.2. The van der Waals surface area contributed by atoms with Crippen molar-refractivity contribution >= 4 is 46.4 Å². The van der Waals surface area contributed by atoms with Crippen LogP contribution in [-0.2, 0) is 14.3 Å². The van der Waals surface area contributed by atoms with Crippen LogP contribution >= 0.6 is 0 Å². The molecule has 0 spiro atoms. The summed E-state index contributed by atoms with van der Waals surface area (Å²) in [6.45, 7) is 15.8. The van der Waals surface area contributed by atoms with E-state index in [4.69, 9.17) is 33.1 Å². The highest BCUT2D eigenvalue weighted by Crippen LogP contribution is 2.57. The molecule has 4 fully saturated rings. The van der Waals surface area contributed by atoms with Gasteiger partial charge in [0.15, 0.2) is 0 Å². The van der Waals surface area contributed by atoms with E-state index in [2.05, 4.69) is 47.5 Å². The van der Waals surface area contributed by atoms with E-state index in [1.54, 1.807) is 84.1 Å². The second-order valence-electron chi connectivity index (χ2n) is 18.8. The normalized spacial score (nSPS) is 21.3. The highest BCUT2D eigenvalue weighted by Gasteiger charge is 2.67. The number of piperidine rings is 1. The number of nitrogens with one attached hydrogen (secondary N) is 1. The van der Waals surface area contributed by atoms with Crippen LogP contribution in [-0.4, -0.2) is 108 Å². The number of hydrogen-bond acceptors (Lipinski definition) is 11. The quantitative estimate of drug-likeness (QED) is 0.0460. The molecule has 5 aliphatic rings. The number of carbonyl (C=O) groups is 2. The smallest absolute Gasteiger partial charge is 0.258 e. The molecule has 7 atom stereocenters. The van der Waals surface area contributed by atoms with Gasteiger partial charge in [-0.05, 0) is 98.8 Å². The van der Waals surface area contributed by atoms with E-state index in [1.807, 2.05) is 68.1 Å². The molecular formula is C62H76F4N10O3. The van der Waals surface area contributed by atoms with E-state index in [0.717, 1.165) is 18.4 Å². The molecule has 4 heterocycles. The van der Waals surface area contributed by atoms with Crippen molar-refractivity contribution in [3.63, 3.8) is 0 Å². The minimum absolute atomic E-state index is 0. The molecular weight excluding hydrogens is 1010 g/mol. The van der Waals surface area contributed by atoms with Crippen LogP contribution in [0.25, 0.3) is 17.0 Å². The van der Waals surface area contributed by atoms with Crippen molar-refractivity contribution in [2.75, 3.05) is 40.0 Å². The van der Waals surface area contributed by atoms with Crippen molar-refractivity contribution in [1.82, 2.24) is 14.8 Å². The van der Waals surface area contributed by atoms with Gasteiger partial charge in [0.1, 0.15) is 11.6 Å². The largest absolute Gasteiger partial charge is 0.405 e. The van der Waals surface area contributed by atoms with Gasteiger partial charge in [0, 0.05) is 54.1 Å². The summed E-state index contributed by atoms with van der Waals surface area (Å²) in [6.07, 6.45) is 9.72. The third-order valence-corrected chi connectivity index (χ3v) is 13.9. The predicted molar refractivity (Wildman–Crippen MR) is 312 cm³/mol. The van der Waals surface area contributed by atoms with Gasteiger partial charge in [0.2, 0.25) is 0 Å². The number of halogens is 4. The summed E-state index contributed by atoms with van der Waals surface area (Å²) in [6, 6.07) is 36.1. The number of carbonyl (C=O) groups excluding carboxylic acids is 2. The zero-order valence-electron chi connectivity index (χ0n) is 45.9. The van der Waals surface area contributed by atoms with E-state index in [1.165, 1.54) is 29.5 Å². The van der Waals surface area contributed by atoms with Gasteiger partial charge >= 0.3 is 0 Å². The van der Waals surface area contributed by atoms with Gasteiger partial charge in [0.25, 0.3) is 11.8 Å². The fourth-order valence-corrected chi connectivity index (χ4v) is 9.83. The first kappa shape index (κ1) is 63.5. The zero-order valence-corrected chi connectivity index (χ0v) is 45.9. The lowest BCUT2D eigenvalue weighted by atomic mass is 9.96. The topological polar surface area (TPSA) is 215 Å². The third kappa shape index (κ3) is 16.0. The molecule has 3 aliphatic heterocycles. The number of alkyl halides is 1. The maximum atomic E-state index is 14.5. The number of benzene rings is 4. The summed E-state index contributed by atoms with van der Waals surface area (Å²) in [4.78, 5) is 43.9. The number of aliphatic imine (C=N–C) groups is 2. The van der Waals surface area contributed by atoms with Gasteiger partial charge in [-0.2, -0.15) is 0 Å². The molecule has 9 N–H and O–H groups in total. The molecule has 5 aromatic rings. The minimum atomic E-state index is -0.475. The maximum Gasteiger partial charge on any atom is 0.258 e. The molecule has 6 unspecified atom stereocenters. The number of allylic oxidation sites excluding steroid dienone is 2. The molecule has 0 bridgehead atoms. The average molecular weight is 1090 g/mol. The van der Waals surface area contributed by atoms with Gasteiger partial charge < -0.3 is 42.9 Å². The summed E-state index contributed by atoms with van der Waals surface area (Å²) < 4.78 is 43.7. The van der Waals surface area contributed by atoms with Gasteiger partial charge in [-0.15, -0.1) is 0 Å². The Morgan fingerprint density at radius 1 is 0.810 bits per heavy atom. The molecule has 2 aliphatic carbocycles. The van der Waals surface area contributed by atoms with E-state index in [0.29, 0.717) is 68.3 Å². The lowest BCUT2D eigenvalue weighted by Gasteiger charge is -2.40. The Labute approximate surface area is 462 Å². The summed E-state index contributed by atoms with van der Waals surface area (Å²) in [5.41, 5.74) is 29.8. The van der Waals surface area contributed by atoms with Crippen molar-refractivity contribution in [3.8, 4) is 0 Å². The highest BCUT2D eigenvalue weighted by molar-refractivity contribution is 6.27. The molecule has 2 saturated heterocycles. The van der Waals surface area contributed by atoms with Gasteiger partial charge in [-0.1, -0.05) is 123 Å². The lowest BCUT2D eigenvalue weighted by Crippen LogP contribution is -2.57. The van der Waals surface area contributed by atoms with Crippen molar-refractivity contribution in [2.24, 2.45) is 50.7 Å². The van der Waals surface area contributed by atoms with E-state index in [9.17, 15) is 22.8 Å². The van der Waals surface area contributed by atoms with E-state index < -0.39 is 11.6 Å². The number of amides is 2. The first-order chi connectivity index (χ1) is 37.8. The number of likely N-dealkylation sites (tertiary alicyclic amines) is 2. The van der Waals surface area contributed by atoms with Gasteiger partial charge in [-0.25, -0.2) is 8.78 Å². The number of ether oxygens (including phenoxy) is 1. The number of nitrogens with two attached hydrogens (primary N) is 4. The number of aryl methyl sites for hydroxylation is 2. The zero-order chi connectivity index (χ0) is 56.9. The Morgan fingerprint density at radius 3 is 1.90 bits per heavy atom. The molecule has 1 aromatic heterocycles. The van der Waals surface area contributed by atoms with Crippen LogP contribution in [0.3, 0.4) is 0 Å². The van der Waals surface area contributed by atoms with Gasteiger partial charge in [0.05, 0.1) is 79.2 Å². The molecule has 0 radical (unpaired) electrons. The van der Waals surface area contributed by atoms with E-state index >= 15 is 0 Å². The monoisotopic (exact) mass is 1080 g/mol. The van der Waals surface area contributed by atoms with Crippen LogP contribution in [0.4, 0.5) is 17.9 Å². The van der Waals surface area contributed by atoms with Crippen LogP contribution in [0, 0.1) is 48.6 Å². The summed E-state index contributed by atoms with van der Waals surface area (Å²) in [5.74, 6) is -0.0118. The SMILES string of the molecule is C=CC(=N)c1ccc(C)cc1.CC.CC1C2C1N(C(=O)/C(C1=NCCOC1)=C(/N)c1ccccc1F)[C@@H]2CN.CF.Cc1ccccc1.F.N/C=C\C=NCC1CC2CC2N1C(=O)/C(=C(/N)c1ccccc1F)c1ccccn1. The van der Waals surface area contributed by atoms with Gasteiger partial charge in [-0.3, -0.25) is 33.7 Å². The van der Waals surface area contributed by atoms with Crippen LogP contribution in [0.1, 0.15) is 67.1 Å². The molecule has 10 rings (SSSR count). The maximum absolute atomic E-state index is 14.5.